The molecular formula is C18H22F3N5O3. The second kappa shape index (κ2) is 7.06. The minimum atomic E-state index is -4.94. The van der Waals surface area contributed by atoms with E-state index < -0.39 is 24.4 Å². The number of nitrogens with one attached hydrogen (secondary N) is 2. The number of methoxy groups -OCH3 is 1. The molecule has 2 aliphatic heterocycles. The summed E-state index contributed by atoms with van der Waals surface area (Å²) < 4.78 is 46.2. The third-order valence-electron chi connectivity index (χ3n) is 5.61. The molecule has 0 spiro atoms. The Bertz CT molecular complexity index is 882. The largest absolute Gasteiger partial charge is 0.481 e. The van der Waals surface area contributed by atoms with Crippen LogP contribution >= 0.6 is 0 Å². The van der Waals surface area contributed by atoms with Gasteiger partial charge in [-0.3, -0.25) is 5.10 Å². The van der Waals surface area contributed by atoms with Crippen molar-refractivity contribution in [3.8, 4) is 5.88 Å². The number of pyridine rings is 1. The fourth-order valence-electron chi connectivity index (χ4n) is 4.11. The van der Waals surface area contributed by atoms with E-state index in [2.05, 4.69) is 20.5 Å². The van der Waals surface area contributed by atoms with Crippen LogP contribution in [0.2, 0.25) is 0 Å². The maximum Gasteiger partial charge on any atom is 0.421 e. The number of ether oxygens (including phenoxy) is 1. The highest BCUT2D eigenvalue weighted by molar-refractivity contribution is 5.55. The number of hydrogen-bond acceptors (Lipinski definition) is 7. The summed E-state index contributed by atoms with van der Waals surface area (Å²) in [5.41, 5.74) is -3.20. The third-order valence-corrected chi connectivity index (χ3v) is 5.61. The summed E-state index contributed by atoms with van der Waals surface area (Å²) in [6, 6.07) is 5.43. The topological polar surface area (TPSA) is 107 Å². The van der Waals surface area contributed by atoms with Crippen molar-refractivity contribution in [2.45, 2.75) is 43.2 Å². The Morgan fingerprint density at radius 3 is 2.66 bits per heavy atom. The van der Waals surface area contributed by atoms with Crippen molar-refractivity contribution < 1.29 is 28.1 Å². The van der Waals surface area contributed by atoms with Crippen molar-refractivity contribution in [3.05, 3.63) is 29.5 Å². The first-order valence-electron chi connectivity index (χ1n) is 9.31. The van der Waals surface area contributed by atoms with Crippen molar-refractivity contribution >= 4 is 11.6 Å². The van der Waals surface area contributed by atoms with E-state index in [4.69, 9.17) is 4.74 Å². The number of halogens is 3. The number of hydrogen-bond donors (Lipinski definition) is 4. The number of H-pyrrole nitrogens is 1. The molecular weight excluding hydrogens is 391 g/mol. The fourth-order valence-corrected chi connectivity index (χ4v) is 4.11. The average Bonchev–Trinajstić information content (AvgIpc) is 3.11. The third kappa shape index (κ3) is 3.38. The fraction of sp³-hybridized carbons (Fsp3) is 0.556. The molecule has 0 bridgehead atoms. The molecule has 0 radical (unpaired) electrons. The molecule has 1 unspecified atom stereocenters. The predicted molar refractivity (Wildman–Crippen MR) is 97.8 cm³/mol. The second-order valence-electron chi connectivity index (χ2n) is 7.38. The summed E-state index contributed by atoms with van der Waals surface area (Å²) in [4.78, 5) is 6.44. The summed E-state index contributed by atoms with van der Waals surface area (Å²) in [6.45, 7) is 1.16. The van der Waals surface area contributed by atoms with E-state index in [0.717, 1.165) is 5.82 Å². The molecule has 0 amide bonds. The Morgan fingerprint density at radius 1 is 1.28 bits per heavy atom. The molecule has 8 nitrogen and oxygen atoms in total. The number of piperidine rings is 1. The number of fused-ring (bicyclic) bond motifs is 1. The van der Waals surface area contributed by atoms with Gasteiger partial charge in [-0.15, -0.1) is 0 Å². The summed E-state index contributed by atoms with van der Waals surface area (Å²) in [5, 5.41) is 29.3. The minimum Gasteiger partial charge on any atom is -0.481 e. The molecule has 29 heavy (non-hydrogen) atoms. The van der Waals surface area contributed by atoms with Crippen molar-refractivity contribution in [3.63, 3.8) is 0 Å². The molecule has 4 rings (SSSR count). The van der Waals surface area contributed by atoms with Gasteiger partial charge in [0.1, 0.15) is 12.0 Å². The predicted octanol–water partition coefficient (Wildman–Crippen LogP) is 2.08. The number of aliphatic hydroxyl groups excluding tert-OH is 1. The van der Waals surface area contributed by atoms with Crippen LogP contribution in [0.5, 0.6) is 5.88 Å². The van der Waals surface area contributed by atoms with Gasteiger partial charge >= 0.3 is 6.18 Å². The number of rotatable bonds is 3. The lowest BCUT2D eigenvalue weighted by atomic mass is 9.81. The van der Waals surface area contributed by atoms with E-state index in [1.807, 2.05) is 17.0 Å². The monoisotopic (exact) mass is 413 g/mol. The lowest BCUT2D eigenvalue weighted by molar-refractivity contribution is -0.276. The van der Waals surface area contributed by atoms with Crippen LogP contribution in [0.25, 0.3) is 0 Å². The standard InChI is InChI=1S/C18H22F3N5O3/c1-29-13-4-2-3-11(22-13)26-7-5-10(6-8-26)15-14-16(25-24-15)23-12(27)9-17(14,28)18(19,20)21/h2-4,10,12,27-28H,5-9H2,1H3,(H2,23,24,25)/t12?,17-/m0/s1. The molecule has 4 N–H and O–H groups in total. The van der Waals surface area contributed by atoms with E-state index >= 15 is 0 Å². The first-order chi connectivity index (χ1) is 13.7. The molecule has 2 aromatic heterocycles. The smallest absolute Gasteiger partial charge is 0.421 e. The van der Waals surface area contributed by atoms with Crippen molar-refractivity contribution in [1.29, 1.82) is 0 Å². The van der Waals surface area contributed by atoms with Gasteiger partial charge in [0.25, 0.3) is 0 Å². The van der Waals surface area contributed by atoms with Crippen LogP contribution in [0, 0.1) is 0 Å². The Hall–Kier alpha value is -2.53. The first kappa shape index (κ1) is 19.8. The van der Waals surface area contributed by atoms with E-state index in [9.17, 15) is 23.4 Å². The summed E-state index contributed by atoms with van der Waals surface area (Å²) in [7, 11) is 1.53. The maximum atomic E-state index is 13.7. The van der Waals surface area contributed by atoms with E-state index in [-0.39, 0.29) is 23.0 Å². The molecule has 1 saturated heterocycles. The highest BCUT2D eigenvalue weighted by Gasteiger charge is 2.60. The van der Waals surface area contributed by atoms with Gasteiger partial charge in [0, 0.05) is 37.2 Å². The van der Waals surface area contributed by atoms with E-state index in [1.54, 1.807) is 6.07 Å². The minimum absolute atomic E-state index is 0.157. The van der Waals surface area contributed by atoms with Crippen LogP contribution in [0.4, 0.5) is 24.8 Å². The van der Waals surface area contributed by atoms with Crippen LogP contribution in [0.15, 0.2) is 18.2 Å². The van der Waals surface area contributed by atoms with Gasteiger partial charge in [-0.1, -0.05) is 6.07 Å². The highest BCUT2D eigenvalue weighted by atomic mass is 19.4. The molecule has 2 atom stereocenters. The SMILES string of the molecule is COc1cccc(N2CCC(c3[nH]nc4c3[C@](O)(C(F)(F)F)CC(O)N4)CC2)n1. The molecule has 0 aliphatic carbocycles. The lowest BCUT2D eigenvalue weighted by Gasteiger charge is -2.39. The molecule has 0 aromatic carbocycles. The maximum absolute atomic E-state index is 13.7. The number of aromatic nitrogens is 3. The summed E-state index contributed by atoms with van der Waals surface area (Å²) in [5.74, 6) is 0.840. The van der Waals surface area contributed by atoms with E-state index in [0.29, 0.717) is 31.8 Å². The lowest BCUT2D eigenvalue weighted by Crippen LogP contribution is -2.50. The van der Waals surface area contributed by atoms with Gasteiger partial charge in [-0.2, -0.15) is 23.3 Å². The number of nitrogens with zero attached hydrogens (tertiary/aromatic N) is 3. The van der Waals surface area contributed by atoms with Crippen molar-refractivity contribution in [2.24, 2.45) is 0 Å². The summed E-state index contributed by atoms with van der Waals surface area (Å²) >= 11 is 0. The summed E-state index contributed by atoms with van der Waals surface area (Å²) in [6.07, 6.45) is -6.24. The van der Waals surface area contributed by atoms with Gasteiger partial charge in [-0.25, -0.2) is 0 Å². The van der Waals surface area contributed by atoms with Crippen LogP contribution in [0.3, 0.4) is 0 Å². The number of aliphatic hydroxyl groups is 2. The Balaban J connectivity index is 1.57. The van der Waals surface area contributed by atoms with Crippen molar-refractivity contribution in [2.75, 3.05) is 30.4 Å². The van der Waals surface area contributed by atoms with E-state index in [1.165, 1.54) is 7.11 Å². The highest BCUT2D eigenvalue weighted by Crippen LogP contribution is 2.50. The Morgan fingerprint density at radius 2 is 2.00 bits per heavy atom. The zero-order valence-corrected chi connectivity index (χ0v) is 15.7. The first-order valence-corrected chi connectivity index (χ1v) is 9.31. The van der Waals surface area contributed by atoms with Gasteiger partial charge in [-0.05, 0) is 18.9 Å². The second-order valence-corrected chi connectivity index (χ2v) is 7.38. The molecule has 1 fully saturated rings. The number of aromatic amines is 1. The van der Waals surface area contributed by atoms with Gasteiger partial charge < -0.3 is 25.2 Å². The molecule has 158 valence electrons. The van der Waals surface area contributed by atoms with Crippen LogP contribution in [-0.4, -0.2) is 58.0 Å². The van der Waals surface area contributed by atoms with Crippen LogP contribution < -0.4 is 15.0 Å². The Labute approximate surface area is 164 Å². The van der Waals surface area contributed by atoms with Crippen molar-refractivity contribution in [1.82, 2.24) is 15.2 Å². The molecule has 0 saturated carbocycles. The quantitative estimate of drug-likeness (QED) is 0.610. The molecule has 4 heterocycles. The average molecular weight is 413 g/mol. The van der Waals surface area contributed by atoms with Gasteiger partial charge in [0.2, 0.25) is 5.88 Å². The number of alkyl halides is 3. The zero-order valence-electron chi connectivity index (χ0n) is 15.7. The van der Waals surface area contributed by atoms with Gasteiger partial charge in [0.15, 0.2) is 11.4 Å². The zero-order chi connectivity index (χ0) is 20.8. The van der Waals surface area contributed by atoms with Crippen LogP contribution in [-0.2, 0) is 5.60 Å². The molecule has 2 aromatic rings. The molecule has 2 aliphatic rings. The van der Waals surface area contributed by atoms with Crippen LogP contribution in [0.1, 0.15) is 36.4 Å². The normalized spacial score (nSPS) is 25.4. The Kier molecular flexibility index (Phi) is 4.82. The van der Waals surface area contributed by atoms with Gasteiger partial charge in [0.05, 0.1) is 12.7 Å². The molecule has 11 heteroatoms. The number of anilines is 2.